The Morgan fingerprint density at radius 2 is 1.35 bits per heavy atom. The summed E-state index contributed by atoms with van der Waals surface area (Å²) < 4.78 is 1.58. The van der Waals surface area contributed by atoms with Crippen LogP contribution in [0.3, 0.4) is 0 Å². The first-order valence-corrected chi connectivity index (χ1v) is 6.74. The zero-order chi connectivity index (χ0) is 16.4. The molecule has 1 heterocycles. The van der Waals surface area contributed by atoms with Crippen molar-refractivity contribution in [2.75, 3.05) is 0 Å². The fourth-order valence-corrected chi connectivity index (χ4v) is 2.48. The lowest BCUT2D eigenvalue weighted by atomic mass is 10.1. The second-order valence-electron chi connectivity index (χ2n) is 4.78. The molecule has 7 heteroatoms. The molecule has 0 atom stereocenters. The van der Waals surface area contributed by atoms with E-state index in [1.165, 1.54) is 12.1 Å². The van der Waals surface area contributed by atoms with E-state index in [1.807, 2.05) is 0 Å². The van der Waals surface area contributed by atoms with Crippen LogP contribution in [-0.4, -0.2) is 14.4 Å². The number of aromatic nitrogens is 1. The van der Waals surface area contributed by atoms with E-state index in [1.54, 1.807) is 59.3 Å². The van der Waals surface area contributed by atoms with Crippen molar-refractivity contribution in [3.63, 3.8) is 0 Å². The van der Waals surface area contributed by atoms with Crippen LogP contribution in [-0.2, 0) is 0 Å². The van der Waals surface area contributed by atoms with Crippen molar-refractivity contribution < 1.29 is 9.85 Å². The van der Waals surface area contributed by atoms with Gasteiger partial charge in [-0.1, -0.05) is 24.3 Å². The highest BCUT2D eigenvalue weighted by molar-refractivity contribution is 5.73. The molecule has 0 bridgehead atoms. The Morgan fingerprint density at radius 1 is 0.739 bits per heavy atom. The Labute approximate surface area is 130 Å². The van der Waals surface area contributed by atoms with E-state index < -0.39 is 9.85 Å². The van der Waals surface area contributed by atoms with E-state index >= 15 is 0 Å². The molecular weight excluding hydrogens is 298 g/mol. The standard InChI is InChI=1S/C16H11N3O4/c20-18(21)14-7-2-1-6-12(14)13-10-5-11-17(13)15-8-3-4-9-16(15)19(22)23/h1-11H. The first kappa shape index (κ1) is 14.5. The van der Waals surface area contributed by atoms with Gasteiger partial charge in [0.25, 0.3) is 11.4 Å². The van der Waals surface area contributed by atoms with Gasteiger partial charge in [-0.25, -0.2) is 0 Å². The Hall–Kier alpha value is -3.48. The van der Waals surface area contributed by atoms with Crippen molar-refractivity contribution in [3.05, 3.63) is 87.1 Å². The second kappa shape index (κ2) is 5.72. The average molecular weight is 309 g/mol. The summed E-state index contributed by atoms with van der Waals surface area (Å²) in [7, 11) is 0. The molecule has 0 saturated heterocycles. The number of para-hydroxylation sites is 3. The van der Waals surface area contributed by atoms with E-state index in [-0.39, 0.29) is 11.4 Å². The molecule has 0 amide bonds. The smallest absolute Gasteiger partial charge is 0.293 e. The molecule has 0 saturated carbocycles. The molecule has 0 spiro atoms. The highest BCUT2D eigenvalue weighted by Crippen LogP contribution is 2.33. The number of benzene rings is 2. The molecule has 0 aliphatic heterocycles. The van der Waals surface area contributed by atoms with Crippen LogP contribution in [0.25, 0.3) is 16.9 Å². The first-order valence-electron chi connectivity index (χ1n) is 6.74. The Bertz CT molecular complexity index is 830. The normalized spacial score (nSPS) is 10.4. The molecule has 2 aromatic carbocycles. The van der Waals surface area contributed by atoms with Crippen LogP contribution in [0, 0.1) is 20.2 Å². The average Bonchev–Trinajstić information content (AvgIpc) is 3.04. The van der Waals surface area contributed by atoms with Crippen LogP contribution < -0.4 is 0 Å². The summed E-state index contributed by atoms with van der Waals surface area (Å²) in [6.45, 7) is 0. The minimum atomic E-state index is -0.474. The third-order valence-corrected chi connectivity index (χ3v) is 3.46. The minimum Gasteiger partial charge on any atom is -0.310 e. The zero-order valence-corrected chi connectivity index (χ0v) is 11.8. The fourth-order valence-electron chi connectivity index (χ4n) is 2.48. The van der Waals surface area contributed by atoms with Gasteiger partial charge < -0.3 is 4.57 Å². The van der Waals surface area contributed by atoms with Crippen LogP contribution in [0.4, 0.5) is 11.4 Å². The lowest BCUT2D eigenvalue weighted by molar-refractivity contribution is -0.384. The molecule has 3 aromatic rings. The molecule has 0 N–H and O–H groups in total. The van der Waals surface area contributed by atoms with Crippen molar-refractivity contribution >= 4 is 11.4 Å². The van der Waals surface area contributed by atoms with Crippen molar-refractivity contribution in [2.45, 2.75) is 0 Å². The summed E-state index contributed by atoms with van der Waals surface area (Å²) >= 11 is 0. The largest absolute Gasteiger partial charge is 0.310 e. The van der Waals surface area contributed by atoms with Crippen molar-refractivity contribution in [1.29, 1.82) is 0 Å². The van der Waals surface area contributed by atoms with Crippen LogP contribution in [0.5, 0.6) is 0 Å². The molecule has 23 heavy (non-hydrogen) atoms. The summed E-state index contributed by atoms with van der Waals surface area (Å²) in [6, 6.07) is 16.0. The Morgan fingerprint density at radius 3 is 2.04 bits per heavy atom. The molecular formula is C16H11N3O4. The molecule has 114 valence electrons. The third-order valence-electron chi connectivity index (χ3n) is 3.46. The number of nitrogens with zero attached hydrogens (tertiary/aromatic N) is 3. The van der Waals surface area contributed by atoms with E-state index in [4.69, 9.17) is 0 Å². The van der Waals surface area contributed by atoms with Gasteiger partial charge in [0.2, 0.25) is 0 Å². The molecule has 1 aromatic heterocycles. The number of rotatable bonds is 4. The minimum absolute atomic E-state index is 0.0500. The SMILES string of the molecule is O=[N+]([O-])c1ccccc1-c1cccn1-c1ccccc1[N+](=O)[O-]. The maximum atomic E-state index is 11.2. The van der Waals surface area contributed by atoms with Gasteiger partial charge in [0.15, 0.2) is 0 Å². The maximum Gasteiger partial charge on any atom is 0.293 e. The summed E-state index contributed by atoms with van der Waals surface area (Å²) in [5.41, 5.74) is 1.16. The summed E-state index contributed by atoms with van der Waals surface area (Å²) in [6.07, 6.45) is 1.65. The van der Waals surface area contributed by atoms with E-state index in [2.05, 4.69) is 0 Å². The highest BCUT2D eigenvalue weighted by atomic mass is 16.6. The van der Waals surface area contributed by atoms with Crippen molar-refractivity contribution in [1.82, 2.24) is 4.57 Å². The number of hydrogen-bond donors (Lipinski definition) is 0. The number of nitro benzene ring substituents is 2. The number of hydrogen-bond acceptors (Lipinski definition) is 4. The van der Waals surface area contributed by atoms with Gasteiger partial charge in [-0.05, 0) is 24.3 Å². The molecule has 0 radical (unpaired) electrons. The van der Waals surface area contributed by atoms with Gasteiger partial charge in [0.05, 0.1) is 21.1 Å². The van der Waals surface area contributed by atoms with Gasteiger partial charge >= 0.3 is 0 Å². The van der Waals surface area contributed by atoms with Gasteiger partial charge in [-0.2, -0.15) is 0 Å². The summed E-state index contributed by atoms with van der Waals surface area (Å²) in [5, 5.41) is 22.5. The molecule has 7 nitrogen and oxygen atoms in total. The second-order valence-corrected chi connectivity index (χ2v) is 4.78. The van der Waals surface area contributed by atoms with E-state index in [9.17, 15) is 20.2 Å². The van der Waals surface area contributed by atoms with Gasteiger partial charge in [-0.15, -0.1) is 0 Å². The number of nitro groups is 2. The van der Waals surface area contributed by atoms with Gasteiger partial charge in [-0.3, -0.25) is 20.2 Å². The molecule has 0 unspecified atom stereocenters. The van der Waals surface area contributed by atoms with E-state index in [0.29, 0.717) is 16.9 Å². The quantitative estimate of drug-likeness (QED) is 0.538. The van der Waals surface area contributed by atoms with Gasteiger partial charge in [0, 0.05) is 18.3 Å². The zero-order valence-electron chi connectivity index (χ0n) is 11.8. The topological polar surface area (TPSA) is 91.2 Å². The summed E-state index contributed by atoms with van der Waals surface area (Å²) in [4.78, 5) is 21.5. The van der Waals surface area contributed by atoms with Crippen LogP contribution in [0.1, 0.15) is 0 Å². The predicted molar refractivity (Wildman–Crippen MR) is 84.5 cm³/mol. The highest BCUT2D eigenvalue weighted by Gasteiger charge is 2.21. The molecule has 3 rings (SSSR count). The lowest BCUT2D eigenvalue weighted by Crippen LogP contribution is -2.01. The molecule has 0 fully saturated rings. The van der Waals surface area contributed by atoms with Crippen LogP contribution >= 0.6 is 0 Å². The third kappa shape index (κ3) is 2.55. The van der Waals surface area contributed by atoms with Crippen LogP contribution in [0.2, 0.25) is 0 Å². The first-order chi connectivity index (χ1) is 11.1. The molecule has 0 aliphatic carbocycles. The fraction of sp³-hybridized carbons (Fsp3) is 0. The lowest BCUT2D eigenvalue weighted by Gasteiger charge is -2.10. The van der Waals surface area contributed by atoms with Crippen molar-refractivity contribution in [2.24, 2.45) is 0 Å². The predicted octanol–water partition coefficient (Wildman–Crippen LogP) is 3.96. The monoisotopic (exact) mass is 309 g/mol. The van der Waals surface area contributed by atoms with Crippen molar-refractivity contribution in [3.8, 4) is 16.9 Å². The Balaban J connectivity index is 2.23. The Kier molecular flexibility index (Phi) is 3.60. The van der Waals surface area contributed by atoms with Gasteiger partial charge in [0.1, 0.15) is 5.69 Å². The van der Waals surface area contributed by atoms with Crippen LogP contribution in [0.15, 0.2) is 66.9 Å². The molecule has 0 aliphatic rings. The summed E-state index contributed by atoms with van der Waals surface area (Å²) in [5.74, 6) is 0. The van der Waals surface area contributed by atoms with E-state index in [0.717, 1.165) is 0 Å². The maximum absolute atomic E-state index is 11.2.